The molecule has 120 valence electrons. The molecule has 0 fully saturated rings. The van der Waals surface area contributed by atoms with Gasteiger partial charge in [-0.1, -0.05) is 48.5 Å². The zero-order valence-electron chi connectivity index (χ0n) is 13.7. The van der Waals surface area contributed by atoms with Gasteiger partial charge in [0.25, 0.3) is 0 Å². The number of para-hydroxylation sites is 1. The summed E-state index contributed by atoms with van der Waals surface area (Å²) < 4.78 is 0. The zero-order chi connectivity index (χ0) is 16.5. The first-order chi connectivity index (χ1) is 11.7. The van der Waals surface area contributed by atoms with Crippen molar-refractivity contribution in [2.45, 2.75) is 19.4 Å². The molecular weight excluding hydrogens is 296 g/mol. The molecule has 1 heterocycles. The molecule has 0 radical (unpaired) electrons. The van der Waals surface area contributed by atoms with Crippen LogP contribution >= 0.6 is 0 Å². The molecule has 3 heteroatoms. The molecule has 1 atom stereocenters. The lowest BCUT2D eigenvalue weighted by molar-refractivity contribution is -0.117. The molecule has 0 spiro atoms. The first-order valence-corrected chi connectivity index (χ1v) is 8.36. The third kappa shape index (κ3) is 2.62. The zero-order valence-corrected chi connectivity index (χ0v) is 13.7. The minimum Gasteiger partial charge on any atom is -0.359 e. The Balaban J connectivity index is 1.53. The third-order valence-electron chi connectivity index (χ3n) is 4.79. The number of hydrogen-bond acceptors (Lipinski definition) is 2. The van der Waals surface area contributed by atoms with Crippen molar-refractivity contribution in [3.63, 3.8) is 0 Å². The van der Waals surface area contributed by atoms with E-state index in [0.29, 0.717) is 0 Å². The van der Waals surface area contributed by atoms with Gasteiger partial charge in [0.1, 0.15) is 6.04 Å². The van der Waals surface area contributed by atoms with E-state index in [2.05, 4.69) is 40.5 Å². The molecule has 1 aliphatic heterocycles. The van der Waals surface area contributed by atoms with Crippen molar-refractivity contribution in [3.05, 3.63) is 72.3 Å². The summed E-state index contributed by atoms with van der Waals surface area (Å²) in [5, 5.41) is 5.37. The standard InChI is InChI=1S/C21H20N2O/c1-15(23-13-12-17-7-4-5-9-20(17)23)21(24)22-19-11-10-16-6-2-3-8-18(16)14-19/h2-11,14-15H,12-13H2,1H3,(H,22,24)/t15-/m0/s1. The monoisotopic (exact) mass is 316 g/mol. The van der Waals surface area contributed by atoms with Crippen LogP contribution in [0.3, 0.4) is 0 Å². The van der Waals surface area contributed by atoms with Crippen LogP contribution in [0.25, 0.3) is 10.8 Å². The van der Waals surface area contributed by atoms with Gasteiger partial charge in [0, 0.05) is 17.9 Å². The fourth-order valence-electron chi connectivity index (χ4n) is 3.42. The summed E-state index contributed by atoms with van der Waals surface area (Å²) in [6.07, 6.45) is 1.00. The molecule has 3 nitrogen and oxygen atoms in total. The number of hydrogen-bond donors (Lipinski definition) is 1. The normalized spacial score (nSPS) is 14.5. The van der Waals surface area contributed by atoms with Gasteiger partial charge in [0.2, 0.25) is 5.91 Å². The molecule has 3 aromatic carbocycles. The topological polar surface area (TPSA) is 32.3 Å². The lowest BCUT2D eigenvalue weighted by Gasteiger charge is -2.26. The Hall–Kier alpha value is -2.81. The summed E-state index contributed by atoms with van der Waals surface area (Å²) in [7, 11) is 0. The smallest absolute Gasteiger partial charge is 0.246 e. The molecule has 0 bridgehead atoms. The highest BCUT2D eigenvalue weighted by molar-refractivity contribution is 5.98. The summed E-state index contributed by atoms with van der Waals surface area (Å²) >= 11 is 0. The summed E-state index contributed by atoms with van der Waals surface area (Å²) in [6.45, 7) is 2.87. The largest absolute Gasteiger partial charge is 0.359 e. The molecule has 0 aliphatic carbocycles. The van der Waals surface area contributed by atoms with Crippen molar-refractivity contribution in [1.82, 2.24) is 0 Å². The summed E-state index contributed by atoms with van der Waals surface area (Å²) in [5.41, 5.74) is 3.35. The molecule has 1 aliphatic rings. The van der Waals surface area contributed by atoms with E-state index in [-0.39, 0.29) is 11.9 Å². The van der Waals surface area contributed by atoms with Crippen molar-refractivity contribution in [3.8, 4) is 0 Å². The van der Waals surface area contributed by atoms with Crippen molar-refractivity contribution in [1.29, 1.82) is 0 Å². The van der Waals surface area contributed by atoms with Crippen molar-refractivity contribution in [2.75, 3.05) is 16.8 Å². The van der Waals surface area contributed by atoms with Crippen molar-refractivity contribution >= 4 is 28.1 Å². The number of anilines is 2. The lowest BCUT2D eigenvalue weighted by Crippen LogP contribution is -2.41. The van der Waals surface area contributed by atoms with Gasteiger partial charge in [-0.15, -0.1) is 0 Å². The van der Waals surface area contributed by atoms with Gasteiger partial charge in [-0.25, -0.2) is 0 Å². The van der Waals surface area contributed by atoms with Gasteiger partial charge in [-0.05, 0) is 47.9 Å². The van der Waals surface area contributed by atoms with Crippen LogP contribution in [0.2, 0.25) is 0 Å². The lowest BCUT2D eigenvalue weighted by atomic mass is 10.1. The molecule has 0 unspecified atom stereocenters. The second kappa shape index (κ2) is 6.00. The summed E-state index contributed by atoms with van der Waals surface area (Å²) in [6, 6.07) is 22.3. The minimum absolute atomic E-state index is 0.0296. The Bertz CT molecular complexity index is 903. The van der Waals surface area contributed by atoms with Crippen LogP contribution in [0.15, 0.2) is 66.7 Å². The van der Waals surface area contributed by atoms with E-state index in [0.717, 1.165) is 24.0 Å². The van der Waals surface area contributed by atoms with Gasteiger partial charge in [-0.2, -0.15) is 0 Å². The Morgan fingerprint density at radius 3 is 2.62 bits per heavy atom. The fraction of sp³-hybridized carbons (Fsp3) is 0.190. The average Bonchev–Trinajstić information content (AvgIpc) is 3.05. The quantitative estimate of drug-likeness (QED) is 0.784. The maximum Gasteiger partial charge on any atom is 0.246 e. The molecule has 0 saturated carbocycles. The summed E-state index contributed by atoms with van der Waals surface area (Å²) in [4.78, 5) is 14.9. The minimum atomic E-state index is -0.194. The van der Waals surface area contributed by atoms with E-state index < -0.39 is 0 Å². The maximum atomic E-state index is 12.7. The molecule has 1 amide bonds. The van der Waals surface area contributed by atoms with Crippen LogP contribution in [-0.2, 0) is 11.2 Å². The number of rotatable bonds is 3. The second-order valence-corrected chi connectivity index (χ2v) is 6.30. The number of nitrogens with one attached hydrogen (secondary N) is 1. The number of carbonyl (C=O) groups excluding carboxylic acids is 1. The average molecular weight is 316 g/mol. The van der Waals surface area contributed by atoms with E-state index in [9.17, 15) is 4.79 Å². The van der Waals surface area contributed by atoms with Crippen LogP contribution in [-0.4, -0.2) is 18.5 Å². The van der Waals surface area contributed by atoms with E-state index in [4.69, 9.17) is 0 Å². The highest BCUT2D eigenvalue weighted by Gasteiger charge is 2.27. The van der Waals surface area contributed by atoms with E-state index >= 15 is 0 Å². The fourth-order valence-corrected chi connectivity index (χ4v) is 3.42. The van der Waals surface area contributed by atoms with Gasteiger partial charge in [0.15, 0.2) is 0 Å². The molecule has 0 saturated heterocycles. The van der Waals surface area contributed by atoms with Crippen LogP contribution < -0.4 is 10.2 Å². The van der Waals surface area contributed by atoms with Crippen LogP contribution in [0.1, 0.15) is 12.5 Å². The number of amides is 1. The molecule has 1 N–H and O–H groups in total. The molecule has 3 aromatic rings. The molecule has 0 aromatic heterocycles. The Morgan fingerprint density at radius 2 is 1.75 bits per heavy atom. The number of carbonyl (C=O) groups is 1. The molecule has 4 rings (SSSR count). The number of nitrogens with zero attached hydrogens (tertiary/aromatic N) is 1. The highest BCUT2D eigenvalue weighted by atomic mass is 16.2. The van der Waals surface area contributed by atoms with E-state index in [1.807, 2.05) is 43.3 Å². The number of benzene rings is 3. The maximum absolute atomic E-state index is 12.7. The second-order valence-electron chi connectivity index (χ2n) is 6.30. The predicted molar refractivity (Wildman–Crippen MR) is 99.5 cm³/mol. The van der Waals surface area contributed by atoms with Crippen LogP contribution in [0.5, 0.6) is 0 Å². The highest BCUT2D eigenvalue weighted by Crippen LogP contribution is 2.29. The van der Waals surface area contributed by atoms with Gasteiger partial charge in [-0.3, -0.25) is 4.79 Å². The van der Waals surface area contributed by atoms with Gasteiger partial charge >= 0.3 is 0 Å². The van der Waals surface area contributed by atoms with Crippen molar-refractivity contribution in [2.24, 2.45) is 0 Å². The molecular formula is C21H20N2O. The summed E-state index contributed by atoms with van der Waals surface area (Å²) in [5.74, 6) is 0.0296. The predicted octanol–water partition coefficient (Wildman–Crippen LogP) is 4.23. The van der Waals surface area contributed by atoms with Crippen LogP contribution in [0.4, 0.5) is 11.4 Å². The Labute approximate surface area is 141 Å². The third-order valence-corrected chi connectivity index (χ3v) is 4.79. The van der Waals surface area contributed by atoms with Crippen LogP contribution in [0, 0.1) is 0 Å². The SMILES string of the molecule is C[C@@H](C(=O)Nc1ccc2ccccc2c1)N1CCc2ccccc21. The van der Waals surface area contributed by atoms with Gasteiger partial charge in [0.05, 0.1) is 0 Å². The first-order valence-electron chi connectivity index (χ1n) is 8.36. The van der Waals surface area contributed by atoms with E-state index in [1.165, 1.54) is 16.6 Å². The molecule has 24 heavy (non-hydrogen) atoms. The van der Waals surface area contributed by atoms with E-state index in [1.54, 1.807) is 0 Å². The Kier molecular flexibility index (Phi) is 3.69. The van der Waals surface area contributed by atoms with Gasteiger partial charge < -0.3 is 10.2 Å². The van der Waals surface area contributed by atoms with Crippen molar-refractivity contribution < 1.29 is 4.79 Å². The Morgan fingerprint density at radius 1 is 1.00 bits per heavy atom. The number of fused-ring (bicyclic) bond motifs is 2. The first kappa shape index (κ1) is 14.8.